The van der Waals surface area contributed by atoms with Crippen molar-refractivity contribution in [3.63, 3.8) is 0 Å². The molecule has 1 atom stereocenters. The van der Waals surface area contributed by atoms with Crippen molar-refractivity contribution in [3.05, 3.63) is 70.8 Å². The largest absolute Gasteiger partial charge is 0.350 e. The minimum atomic E-state index is -0.507. The third kappa shape index (κ3) is 6.74. The van der Waals surface area contributed by atoms with Crippen LogP contribution in [-0.2, 0) is 22.6 Å². The van der Waals surface area contributed by atoms with Crippen molar-refractivity contribution in [3.8, 4) is 0 Å². The highest BCUT2D eigenvalue weighted by Crippen LogP contribution is 2.18. The summed E-state index contributed by atoms with van der Waals surface area (Å²) >= 11 is 0. The van der Waals surface area contributed by atoms with E-state index in [1.165, 1.54) is 0 Å². The predicted molar refractivity (Wildman–Crippen MR) is 119 cm³/mol. The Morgan fingerprint density at radius 1 is 1.03 bits per heavy atom. The molecule has 0 bridgehead atoms. The lowest BCUT2D eigenvalue weighted by Gasteiger charge is -2.33. The smallest absolute Gasteiger partial charge is 0.243 e. The molecule has 1 N–H and O–H groups in total. The Morgan fingerprint density at radius 2 is 1.69 bits per heavy atom. The van der Waals surface area contributed by atoms with Crippen LogP contribution in [-0.4, -0.2) is 28.3 Å². The Bertz CT molecular complexity index is 838. The van der Waals surface area contributed by atoms with E-state index in [2.05, 4.69) is 17.4 Å². The van der Waals surface area contributed by atoms with E-state index in [4.69, 9.17) is 0 Å². The van der Waals surface area contributed by atoms with E-state index in [1.54, 1.807) is 4.90 Å². The topological polar surface area (TPSA) is 49.4 Å². The van der Waals surface area contributed by atoms with Gasteiger partial charge in [-0.1, -0.05) is 61.0 Å². The summed E-state index contributed by atoms with van der Waals surface area (Å²) in [6.45, 7) is 12.3. The van der Waals surface area contributed by atoms with Crippen LogP contribution < -0.4 is 5.32 Å². The van der Waals surface area contributed by atoms with Crippen molar-refractivity contribution >= 4 is 11.8 Å². The summed E-state index contributed by atoms with van der Waals surface area (Å²) in [5, 5.41) is 3.04. The zero-order chi connectivity index (χ0) is 21.6. The number of aryl methyl sites for hydroxylation is 2. The van der Waals surface area contributed by atoms with E-state index in [0.29, 0.717) is 19.4 Å². The number of carbonyl (C=O) groups is 2. The van der Waals surface area contributed by atoms with E-state index in [0.717, 1.165) is 22.3 Å². The van der Waals surface area contributed by atoms with Gasteiger partial charge >= 0.3 is 0 Å². The zero-order valence-corrected chi connectivity index (χ0v) is 18.6. The summed E-state index contributed by atoms with van der Waals surface area (Å²) in [5.74, 6) is -0.135. The molecule has 4 heteroatoms. The molecule has 2 aromatic rings. The lowest BCUT2D eigenvalue weighted by Crippen LogP contribution is -2.53. The summed E-state index contributed by atoms with van der Waals surface area (Å²) < 4.78 is 0. The third-order valence-corrected chi connectivity index (χ3v) is 4.93. The first-order valence-electron chi connectivity index (χ1n) is 10.3. The van der Waals surface area contributed by atoms with E-state index in [9.17, 15) is 9.59 Å². The average Bonchev–Trinajstić information content (AvgIpc) is 2.64. The molecule has 2 aromatic carbocycles. The van der Waals surface area contributed by atoms with Crippen molar-refractivity contribution < 1.29 is 9.59 Å². The molecule has 0 saturated heterocycles. The number of nitrogens with zero attached hydrogens (tertiary/aromatic N) is 1. The van der Waals surface area contributed by atoms with Crippen LogP contribution in [0, 0.1) is 13.8 Å². The lowest BCUT2D eigenvalue weighted by molar-refractivity contribution is -0.141. The van der Waals surface area contributed by atoms with E-state index in [-0.39, 0.29) is 17.4 Å². The van der Waals surface area contributed by atoms with Gasteiger partial charge in [-0.15, -0.1) is 0 Å². The molecule has 0 spiro atoms. The maximum absolute atomic E-state index is 13.4. The molecular formula is C25H34N2O2. The van der Waals surface area contributed by atoms with Crippen LogP contribution in [0.2, 0.25) is 0 Å². The summed E-state index contributed by atoms with van der Waals surface area (Å²) in [4.78, 5) is 28.1. The van der Waals surface area contributed by atoms with Gasteiger partial charge in [0.15, 0.2) is 0 Å². The standard InChI is InChI=1S/C25H34N2O2/c1-7-22(24(29)26-25(4,5)6)27(17-20-11-9-8-10-12-20)23(28)16-21-15-18(2)13-14-19(21)3/h8-15,22H,7,16-17H2,1-6H3,(H,26,29)/t22-/m1/s1. The summed E-state index contributed by atoms with van der Waals surface area (Å²) in [6.07, 6.45) is 0.854. The van der Waals surface area contributed by atoms with Crippen molar-refractivity contribution in [2.24, 2.45) is 0 Å². The van der Waals surface area contributed by atoms with Crippen LogP contribution in [0.1, 0.15) is 56.4 Å². The van der Waals surface area contributed by atoms with E-state index in [1.807, 2.05) is 77.9 Å². The molecular weight excluding hydrogens is 360 g/mol. The molecule has 0 saturated carbocycles. The maximum Gasteiger partial charge on any atom is 0.243 e. The monoisotopic (exact) mass is 394 g/mol. The molecule has 2 amide bonds. The average molecular weight is 395 g/mol. The van der Waals surface area contributed by atoms with Gasteiger partial charge in [-0.3, -0.25) is 9.59 Å². The fourth-order valence-corrected chi connectivity index (χ4v) is 3.41. The molecule has 0 heterocycles. The van der Waals surface area contributed by atoms with Gasteiger partial charge in [0.25, 0.3) is 0 Å². The van der Waals surface area contributed by atoms with Crippen LogP contribution in [0.3, 0.4) is 0 Å². The molecule has 0 unspecified atom stereocenters. The summed E-state index contributed by atoms with van der Waals surface area (Å²) in [7, 11) is 0. The van der Waals surface area contributed by atoms with Gasteiger partial charge in [0.2, 0.25) is 11.8 Å². The first kappa shape index (κ1) is 22.7. The molecule has 156 valence electrons. The normalized spacial score (nSPS) is 12.3. The second-order valence-corrected chi connectivity index (χ2v) is 8.78. The predicted octanol–water partition coefficient (Wildman–Crippen LogP) is 4.57. The van der Waals surface area contributed by atoms with Gasteiger partial charge < -0.3 is 10.2 Å². The number of hydrogen-bond donors (Lipinski definition) is 1. The molecule has 0 aromatic heterocycles. The van der Waals surface area contributed by atoms with Gasteiger partial charge in [-0.05, 0) is 57.7 Å². The molecule has 4 nitrogen and oxygen atoms in total. The minimum absolute atomic E-state index is 0.0292. The highest BCUT2D eigenvalue weighted by atomic mass is 16.2. The van der Waals surface area contributed by atoms with E-state index >= 15 is 0 Å². The van der Waals surface area contributed by atoms with Crippen LogP contribution in [0.25, 0.3) is 0 Å². The summed E-state index contributed by atoms with van der Waals surface area (Å²) in [5.41, 5.74) is 3.91. The second-order valence-electron chi connectivity index (χ2n) is 8.78. The minimum Gasteiger partial charge on any atom is -0.350 e. The number of rotatable bonds is 7. The van der Waals surface area contributed by atoms with Crippen LogP contribution in [0.4, 0.5) is 0 Å². The van der Waals surface area contributed by atoms with E-state index < -0.39 is 6.04 Å². The Morgan fingerprint density at radius 3 is 2.28 bits per heavy atom. The first-order chi connectivity index (χ1) is 13.6. The molecule has 0 radical (unpaired) electrons. The lowest BCUT2D eigenvalue weighted by atomic mass is 10.0. The number of carbonyl (C=O) groups excluding carboxylic acids is 2. The Balaban J connectivity index is 2.33. The van der Waals surface area contributed by atoms with Crippen molar-refractivity contribution in [2.75, 3.05) is 0 Å². The summed E-state index contributed by atoms with van der Waals surface area (Å²) in [6, 6.07) is 15.5. The first-order valence-corrected chi connectivity index (χ1v) is 10.3. The molecule has 0 aliphatic carbocycles. The SMILES string of the molecule is CC[C@H](C(=O)NC(C)(C)C)N(Cc1ccccc1)C(=O)Cc1cc(C)ccc1C. The quantitative estimate of drug-likeness (QED) is 0.748. The van der Waals surface area contributed by atoms with Crippen molar-refractivity contribution in [2.45, 2.75) is 72.5 Å². The number of nitrogens with one attached hydrogen (secondary N) is 1. The molecule has 29 heavy (non-hydrogen) atoms. The fourth-order valence-electron chi connectivity index (χ4n) is 3.41. The van der Waals surface area contributed by atoms with Gasteiger partial charge in [0, 0.05) is 12.1 Å². The van der Waals surface area contributed by atoms with Crippen molar-refractivity contribution in [1.82, 2.24) is 10.2 Å². The van der Waals surface area contributed by atoms with Crippen LogP contribution >= 0.6 is 0 Å². The van der Waals surface area contributed by atoms with Crippen LogP contribution in [0.5, 0.6) is 0 Å². The third-order valence-electron chi connectivity index (χ3n) is 4.93. The molecule has 0 fully saturated rings. The molecule has 2 rings (SSSR count). The number of amides is 2. The molecule has 0 aliphatic rings. The highest BCUT2D eigenvalue weighted by Gasteiger charge is 2.30. The Labute approximate surface area is 175 Å². The van der Waals surface area contributed by atoms with Gasteiger partial charge in [-0.2, -0.15) is 0 Å². The fraction of sp³-hybridized carbons (Fsp3) is 0.440. The number of hydrogen-bond acceptors (Lipinski definition) is 2. The van der Waals surface area contributed by atoms with Crippen LogP contribution in [0.15, 0.2) is 48.5 Å². The Hall–Kier alpha value is -2.62. The maximum atomic E-state index is 13.4. The Kier molecular flexibility index (Phi) is 7.60. The second kappa shape index (κ2) is 9.73. The highest BCUT2D eigenvalue weighted by molar-refractivity contribution is 5.89. The van der Waals surface area contributed by atoms with Gasteiger partial charge in [0.1, 0.15) is 6.04 Å². The van der Waals surface area contributed by atoms with Gasteiger partial charge in [-0.25, -0.2) is 0 Å². The number of benzene rings is 2. The zero-order valence-electron chi connectivity index (χ0n) is 18.6. The van der Waals surface area contributed by atoms with Gasteiger partial charge in [0.05, 0.1) is 6.42 Å². The molecule has 0 aliphatic heterocycles. The van der Waals surface area contributed by atoms with Crippen molar-refractivity contribution in [1.29, 1.82) is 0 Å².